The van der Waals surface area contributed by atoms with Crippen molar-refractivity contribution in [1.29, 1.82) is 0 Å². The highest BCUT2D eigenvalue weighted by Gasteiger charge is 2.27. The molecular weight excluding hydrogens is 415 g/mol. The third-order valence-corrected chi connectivity index (χ3v) is 8.09. The number of hydrogen-bond acceptors (Lipinski definition) is 3. The van der Waals surface area contributed by atoms with Crippen LogP contribution in [0.5, 0.6) is 0 Å². The minimum absolute atomic E-state index is 0.185. The highest BCUT2D eigenvalue weighted by molar-refractivity contribution is 7.71. The van der Waals surface area contributed by atoms with Crippen LogP contribution in [0.3, 0.4) is 0 Å². The van der Waals surface area contributed by atoms with Crippen molar-refractivity contribution in [1.82, 2.24) is 0 Å². The first-order valence-corrected chi connectivity index (χ1v) is 12.0. The second kappa shape index (κ2) is 8.92. The van der Waals surface area contributed by atoms with E-state index in [1.165, 1.54) is 5.56 Å². The first-order chi connectivity index (χ1) is 15.0. The van der Waals surface area contributed by atoms with E-state index in [0.29, 0.717) is 22.0 Å². The van der Waals surface area contributed by atoms with Crippen LogP contribution in [-0.4, -0.2) is 11.3 Å². The van der Waals surface area contributed by atoms with Gasteiger partial charge in [0, 0.05) is 16.7 Å². The van der Waals surface area contributed by atoms with Gasteiger partial charge in [0.25, 0.3) is 0 Å². The fourth-order valence-corrected chi connectivity index (χ4v) is 5.94. The van der Waals surface area contributed by atoms with E-state index in [1.807, 2.05) is 60.6 Å². The average Bonchev–Trinajstić information content (AvgIpc) is 2.75. The third-order valence-electron chi connectivity index (χ3n) is 6.67. The molecule has 3 nitrogen and oxygen atoms in total. The number of benzene rings is 3. The van der Waals surface area contributed by atoms with Crippen molar-refractivity contribution in [3.63, 3.8) is 0 Å². The lowest BCUT2D eigenvalue weighted by Gasteiger charge is -2.19. The Hall–Kier alpha value is -2.90. The summed E-state index contributed by atoms with van der Waals surface area (Å²) in [7, 11) is -2.45. The Morgan fingerprint density at radius 1 is 0.656 bits per heavy atom. The van der Waals surface area contributed by atoms with E-state index in [-0.39, 0.29) is 5.78 Å². The fourth-order valence-electron chi connectivity index (χ4n) is 4.55. The minimum Gasteiger partial charge on any atom is -0.289 e. The van der Waals surface area contributed by atoms with Gasteiger partial charge in [-0.15, -0.1) is 0 Å². The molecule has 3 rings (SSSR count). The molecule has 0 spiro atoms. The normalized spacial score (nSPS) is 11.4. The van der Waals surface area contributed by atoms with Crippen LogP contribution in [0, 0.1) is 55.4 Å². The number of carbonyl (C=O) groups is 2. The molecule has 0 amide bonds. The van der Waals surface area contributed by atoms with Crippen molar-refractivity contribution >= 4 is 24.4 Å². The molecule has 0 aliphatic carbocycles. The molecule has 1 radical (unpaired) electrons. The van der Waals surface area contributed by atoms with Crippen LogP contribution in [0.15, 0.2) is 36.4 Å². The topological polar surface area (TPSA) is 51.2 Å². The maximum atomic E-state index is 13.7. The first-order valence-electron chi connectivity index (χ1n) is 10.8. The summed E-state index contributed by atoms with van der Waals surface area (Å²) >= 11 is 0. The van der Waals surface area contributed by atoms with Crippen LogP contribution in [0.25, 0.3) is 0 Å². The van der Waals surface area contributed by atoms with Gasteiger partial charge in [0.05, 0.1) is 5.30 Å². The van der Waals surface area contributed by atoms with E-state index in [0.717, 1.165) is 38.9 Å². The van der Waals surface area contributed by atoms with Gasteiger partial charge in [-0.2, -0.15) is 0 Å². The predicted octanol–water partition coefficient (Wildman–Crippen LogP) is 6.68. The van der Waals surface area contributed by atoms with Crippen LogP contribution >= 0.6 is 7.80 Å². The zero-order chi connectivity index (χ0) is 23.9. The van der Waals surface area contributed by atoms with Crippen LogP contribution in [0.4, 0.5) is 0 Å². The molecule has 3 aromatic carbocycles. The summed E-state index contributed by atoms with van der Waals surface area (Å²) < 4.78 is 13.5. The standard InChI is InChI=1S/C28H30O3P/c1-15-13-16(2)25(17(3)14-15)28(30)32(31)24-12-10-9-11-23(24)27(29)26-21(7)19(5)18(4)20(6)22(26)8/h9-14H,1-8H3. The molecule has 0 heterocycles. The highest BCUT2D eigenvalue weighted by Crippen LogP contribution is 2.33. The second-order valence-electron chi connectivity index (χ2n) is 8.72. The van der Waals surface area contributed by atoms with Crippen molar-refractivity contribution in [3.8, 4) is 0 Å². The maximum Gasteiger partial charge on any atom is 0.247 e. The van der Waals surface area contributed by atoms with Gasteiger partial charge in [-0.25, -0.2) is 0 Å². The number of ketones is 1. The van der Waals surface area contributed by atoms with Crippen molar-refractivity contribution < 1.29 is 14.2 Å². The zero-order valence-electron chi connectivity index (χ0n) is 20.1. The van der Waals surface area contributed by atoms with E-state index >= 15 is 0 Å². The van der Waals surface area contributed by atoms with Gasteiger partial charge >= 0.3 is 0 Å². The van der Waals surface area contributed by atoms with Gasteiger partial charge < -0.3 is 0 Å². The van der Waals surface area contributed by atoms with E-state index in [4.69, 9.17) is 0 Å². The van der Waals surface area contributed by atoms with Crippen LogP contribution < -0.4 is 5.30 Å². The van der Waals surface area contributed by atoms with Crippen LogP contribution in [0.2, 0.25) is 0 Å². The second-order valence-corrected chi connectivity index (χ2v) is 10.2. The molecular formula is C28H30O3P. The molecule has 4 heteroatoms. The third kappa shape index (κ3) is 3.98. The van der Waals surface area contributed by atoms with Gasteiger partial charge in [-0.3, -0.25) is 14.2 Å². The molecule has 32 heavy (non-hydrogen) atoms. The number of aryl methyl sites for hydroxylation is 3. The monoisotopic (exact) mass is 445 g/mol. The lowest BCUT2D eigenvalue weighted by atomic mass is 9.86. The van der Waals surface area contributed by atoms with Gasteiger partial charge in [-0.1, -0.05) is 29.8 Å². The maximum absolute atomic E-state index is 13.7. The van der Waals surface area contributed by atoms with E-state index in [9.17, 15) is 14.2 Å². The van der Waals surface area contributed by atoms with E-state index < -0.39 is 13.3 Å². The largest absolute Gasteiger partial charge is 0.289 e. The molecule has 3 aromatic rings. The van der Waals surface area contributed by atoms with Gasteiger partial charge in [0.2, 0.25) is 5.52 Å². The zero-order valence-corrected chi connectivity index (χ0v) is 21.0. The highest BCUT2D eigenvalue weighted by atomic mass is 31.1. The summed E-state index contributed by atoms with van der Waals surface area (Å²) in [5, 5.41) is 0.298. The number of rotatable bonds is 5. The van der Waals surface area contributed by atoms with Gasteiger partial charge in [0.1, 0.15) is 0 Å². The molecule has 165 valence electrons. The van der Waals surface area contributed by atoms with Gasteiger partial charge in [-0.05, 0) is 106 Å². The molecule has 1 unspecified atom stereocenters. The molecule has 0 bridgehead atoms. The first kappa shape index (κ1) is 23.8. The minimum atomic E-state index is -2.45. The van der Waals surface area contributed by atoms with Gasteiger partial charge in [0.15, 0.2) is 13.6 Å². The lowest BCUT2D eigenvalue weighted by Crippen LogP contribution is -2.19. The van der Waals surface area contributed by atoms with Crippen LogP contribution in [0.1, 0.15) is 70.8 Å². The van der Waals surface area contributed by atoms with Crippen molar-refractivity contribution in [2.45, 2.75) is 55.4 Å². The average molecular weight is 446 g/mol. The van der Waals surface area contributed by atoms with Crippen molar-refractivity contribution in [3.05, 3.63) is 97.6 Å². The smallest absolute Gasteiger partial charge is 0.247 e. The molecule has 0 aliphatic rings. The Balaban J connectivity index is 2.15. The number of carbonyl (C=O) groups excluding carboxylic acids is 2. The molecule has 0 fully saturated rings. The Morgan fingerprint density at radius 2 is 1.12 bits per heavy atom. The molecule has 1 atom stereocenters. The molecule has 0 N–H and O–H groups in total. The number of hydrogen-bond donors (Lipinski definition) is 0. The summed E-state index contributed by atoms with van der Waals surface area (Å²) in [6, 6.07) is 10.6. The Bertz CT molecular complexity index is 1250. The fraction of sp³-hybridized carbons (Fsp3) is 0.286. The van der Waals surface area contributed by atoms with Crippen molar-refractivity contribution in [2.75, 3.05) is 0 Å². The Morgan fingerprint density at radius 3 is 1.66 bits per heavy atom. The quantitative estimate of drug-likeness (QED) is 0.325. The molecule has 0 saturated heterocycles. The summed E-state index contributed by atoms with van der Waals surface area (Å²) in [4.78, 5) is 27.0. The molecule has 0 aliphatic heterocycles. The SMILES string of the molecule is Cc1cc(C)c(C(=O)[P](=O)c2ccccc2C(=O)c2c(C)c(C)c(C)c(C)c2C)c(C)c1. The summed E-state index contributed by atoms with van der Waals surface area (Å²) in [6.07, 6.45) is 0. The van der Waals surface area contributed by atoms with Crippen LogP contribution in [-0.2, 0) is 4.57 Å². The summed E-state index contributed by atoms with van der Waals surface area (Å²) in [5.41, 5.74) is 8.88. The molecule has 0 aromatic heterocycles. The lowest BCUT2D eigenvalue weighted by molar-refractivity contribution is 0.103. The predicted molar refractivity (Wildman–Crippen MR) is 132 cm³/mol. The Kier molecular flexibility index (Phi) is 6.62. The Labute approximate surface area is 191 Å². The molecule has 0 saturated carbocycles. The summed E-state index contributed by atoms with van der Waals surface area (Å²) in [6.45, 7) is 15.7. The van der Waals surface area contributed by atoms with Crippen molar-refractivity contribution in [2.24, 2.45) is 0 Å². The van der Waals surface area contributed by atoms with E-state index in [2.05, 4.69) is 6.92 Å². The van der Waals surface area contributed by atoms with E-state index in [1.54, 1.807) is 24.3 Å². The summed E-state index contributed by atoms with van der Waals surface area (Å²) in [5.74, 6) is -0.185.